The van der Waals surface area contributed by atoms with Crippen molar-refractivity contribution in [2.75, 3.05) is 18.5 Å². The normalized spacial score (nSPS) is 21.4. The molecule has 0 aliphatic carbocycles. The Balaban J connectivity index is 2.21. The van der Waals surface area contributed by atoms with Gasteiger partial charge in [0.1, 0.15) is 5.56 Å². The van der Waals surface area contributed by atoms with Crippen molar-refractivity contribution in [2.45, 2.75) is 19.4 Å². The molecular formula is C14H17ClN2O4. The zero-order chi connectivity index (χ0) is 15.6. The predicted molar refractivity (Wildman–Crippen MR) is 78.8 cm³/mol. The van der Waals surface area contributed by atoms with Crippen LogP contribution in [0.3, 0.4) is 0 Å². The van der Waals surface area contributed by atoms with Crippen LogP contribution in [0.25, 0.3) is 0 Å². The Morgan fingerprint density at radius 2 is 2.19 bits per heavy atom. The molecule has 2 amide bonds. The number of hydrogen-bond acceptors (Lipinski definition) is 3. The summed E-state index contributed by atoms with van der Waals surface area (Å²) < 4.78 is 0. The number of benzene rings is 1. The van der Waals surface area contributed by atoms with E-state index in [4.69, 9.17) is 11.6 Å². The van der Waals surface area contributed by atoms with Crippen LogP contribution in [0.2, 0.25) is 5.02 Å². The van der Waals surface area contributed by atoms with Crippen molar-refractivity contribution in [3.8, 4) is 0 Å². The standard InChI is InChI=1S/C14H17ClN2O4/c1-8-5-6-17(11(8)7-18)14(21)16-10-4-2-3-9(15)12(10)13(19)20/h2-4,8,11,18H,5-7H2,1H3,(H,16,21)(H,19,20). The Bertz CT molecular complexity index is 564. The van der Waals surface area contributed by atoms with Gasteiger partial charge in [-0.05, 0) is 24.5 Å². The summed E-state index contributed by atoms with van der Waals surface area (Å²) in [5.41, 5.74) is 0.0107. The van der Waals surface area contributed by atoms with Crippen LogP contribution in [0.4, 0.5) is 10.5 Å². The highest BCUT2D eigenvalue weighted by Gasteiger charge is 2.34. The SMILES string of the molecule is CC1CCN(C(=O)Nc2cccc(Cl)c2C(=O)O)C1CO. The molecular weight excluding hydrogens is 296 g/mol. The molecule has 0 saturated carbocycles. The van der Waals surface area contributed by atoms with Gasteiger partial charge in [-0.15, -0.1) is 0 Å². The van der Waals surface area contributed by atoms with Crippen LogP contribution in [0.5, 0.6) is 0 Å². The minimum absolute atomic E-state index is 0.0637. The Hall–Kier alpha value is -1.79. The third kappa shape index (κ3) is 3.11. The van der Waals surface area contributed by atoms with Crippen LogP contribution in [0.15, 0.2) is 18.2 Å². The summed E-state index contributed by atoms with van der Waals surface area (Å²) in [4.78, 5) is 25.0. The first kappa shape index (κ1) is 15.6. The van der Waals surface area contributed by atoms with Crippen molar-refractivity contribution >= 4 is 29.3 Å². The molecule has 0 aromatic heterocycles. The average Bonchev–Trinajstić information content (AvgIpc) is 2.79. The number of aliphatic hydroxyl groups excluding tert-OH is 1. The van der Waals surface area contributed by atoms with E-state index in [0.717, 1.165) is 6.42 Å². The minimum atomic E-state index is -1.20. The number of carbonyl (C=O) groups is 2. The number of carbonyl (C=O) groups excluding carboxylic acids is 1. The second kappa shape index (κ2) is 6.32. The zero-order valence-corrected chi connectivity index (χ0v) is 12.3. The van der Waals surface area contributed by atoms with Crippen molar-refractivity contribution in [2.24, 2.45) is 5.92 Å². The molecule has 2 unspecified atom stereocenters. The number of urea groups is 1. The fourth-order valence-corrected chi connectivity index (χ4v) is 2.83. The van der Waals surface area contributed by atoms with Crippen LogP contribution >= 0.6 is 11.6 Å². The molecule has 21 heavy (non-hydrogen) atoms. The quantitative estimate of drug-likeness (QED) is 0.798. The molecule has 0 radical (unpaired) electrons. The van der Waals surface area contributed by atoms with Crippen molar-refractivity contribution < 1.29 is 19.8 Å². The Labute approximate surface area is 127 Å². The summed E-state index contributed by atoms with van der Waals surface area (Å²) in [6, 6.07) is 3.83. The number of amides is 2. The number of carboxylic acids is 1. The predicted octanol–water partition coefficient (Wildman–Crippen LogP) is 2.27. The largest absolute Gasteiger partial charge is 0.478 e. The van der Waals surface area contributed by atoms with Gasteiger partial charge >= 0.3 is 12.0 Å². The fourth-order valence-electron chi connectivity index (χ4n) is 2.57. The second-order valence-electron chi connectivity index (χ2n) is 5.11. The van der Waals surface area contributed by atoms with Crippen molar-refractivity contribution in [1.82, 2.24) is 4.90 Å². The van der Waals surface area contributed by atoms with Gasteiger partial charge in [0.05, 0.1) is 23.4 Å². The number of hydrogen-bond donors (Lipinski definition) is 3. The number of anilines is 1. The highest BCUT2D eigenvalue weighted by Crippen LogP contribution is 2.27. The number of aliphatic hydroxyl groups is 1. The van der Waals surface area contributed by atoms with Crippen LogP contribution in [0, 0.1) is 5.92 Å². The molecule has 1 aliphatic heterocycles. The number of likely N-dealkylation sites (tertiary alicyclic amines) is 1. The average molecular weight is 313 g/mol. The molecule has 1 heterocycles. The number of nitrogens with one attached hydrogen (secondary N) is 1. The van der Waals surface area contributed by atoms with E-state index in [2.05, 4.69) is 5.32 Å². The molecule has 2 atom stereocenters. The summed E-state index contributed by atoms with van der Waals surface area (Å²) in [5.74, 6) is -0.997. The molecule has 0 spiro atoms. The van der Waals surface area contributed by atoms with Crippen molar-refractivity contribution in [3.63, 3.8) is 0 Å². The van der Waals surface area contributed by atoms with Gasteiger partial charge in [-0.25, -0.2) is 9.59 Å². The summed E-state index contributed by atoms with van der Waals surface area (Å²) >= 11 is 5.86. The van der Waals surface area contributed by atoms with Crippen LogP contribution in [-0.4, -0.2) is 46.3 Å². The smallest absolute Gasteiger partial charge is 0.339 e. The van der Waals surface area contributed by atoms with E-state index < -0.39 is 12.0 Å². The Morgan fingerprint density at radius 1 is 1.48 bits per heavy atom. The van der Waals surface area contributed by atoms with E-state index >= 15 is 0 Å². The third-order valence-corrected chi connectivity index (χ3v) is 4.11. The van der Waals surface area contributed by atoms with E-state index in [1.54, 1.807) is 6.07 Å². The number of halogens is 1. The van der Waals surface area contributed by atoms with E-state index in [1.165, 1.54) is 17.0 Å². The van der Waals surface area contributed by atoms with Crippen LogP contribution < -0.4 is 5.32 Å². The van der Waals surface area contributed by atoms with E-state index in [-0.39, 0.29) is 34.8 Å². The van der Waals surface area contributed by atoms with Crippen LogP contribution in [0.1, 0.15) is 23.7 Å². The number of nitrogens with zero attached hydrogens (tertiary/aromatic N) is 1. The molecule has 7 heteroatoms. The third-order valence-electron chi connectivity index (χ3n) is 3.80. The number of aromatic carboxylic acids is 1. The second-order valence-corrected chi connectivity index (χ2v) is 5.51. The summed E-state index contributed by atoms with van der Waals surface area (Å²) in [6.07, 6.45) is 0.806. The number of carboxylic acid groups (broad SMARTS) is 1. The van der Waals surface area contributed by atoms with Gasteiger partial charge in [0.2, 0.25) is 0 Å². The van der Waals surface area contributed by atoms with Crippen LogP contribution in [-0.2, 0) is 0 Å². The first-order chi connectivity index (χ1) is 9.95. The zero-order valence-electron chi connectivity index (χ0n) is 11.5. The lowest BCUT2D eigenvalue weighted by molar-refractivity contribution is 0.0698. The fraction of sp³-hybridized carbons (Fsp3) is 0.429. The highest BCUT2D eigenvalue weighted by molar-refractivity contribution is 6.34. The molecule has 1 fully saturated rings. The molecule has 1 aromatic carbocycles. The topological polar surface area (TPSA) is 89.9 Å². The first-order valence-corrected chi connectivity index (χ1v) is 7.03. The summed E-state index contributed by atoms with van der Waals surface area (Å²) in [7, 11) is 0. The van der Waals surface area contributed by atoms with Gasteiger partial charge in [0, 0.05) is 6.54 Å². The Kier molecular flexibility index (Phi) is 4.69. The summed E-state index contributed by atoms with van der Waals surface area (Å²) in [6.45, 7) is 2.38. The summed E-state index contributed by atoms with van der Waals surface area (Å²) in [5, 5.41) is 21.2. The lowest BCUT2D eigenvalue weighted by atomic mass is 10.0. The monoisotopic (exact) mass is 312 g/mol. The molecule has 114 valence electrons. The van der Waals surface area contributed by atoms with Gasteiger partial charge in [-0.2, -0.15) is 0 Å². The van der Waals surface area contributed by atoms with Crippen molar-refractivity contribution in [1.29, 1.82) is 0 Å². The maximum atomic E-state index is 12.3. The molecule has 1 saturated heterocycles. The molecule has 0 bridgehead atoms. The van der Waals surface area contributed by atoms with Gasteiger partial charge < -0.3 is 20.4 Å². The van der Waals surface area contributed by atoms with Gasteiger partial charge in [-0.3, -0.25) is 0 Å². The van der Waals surface area contributed by atoms with E-state index in [1.807, 2.05) is 6.92 Å². The first-order valence-electron chi connectivity index (χ1n) is 6.66. The lowest BCUT2D eigenvalue weighted by Crippen LogP contribution is -2.42. The molecule has 1 aliphatic rings. The maximum Gasteiger partial charge on any atom is 0.339 e. The number of rotatable bonds is 3. The molecule has 2 rings (SSSR count). The highest BCUT2D eigenvalue weighted by atomic mass is 35.5. The van der Waals surface area contributed by atoms with E-state index in [9.17, 15) is 19.8 Å². The van der Waals surface area contributed by atoms with Crippen molar-refractivity contribution in [3.05, 3.63) is 28.8 Å². The van der Waals surface area contributed by atoms with Gasteiger partial charge in [-0.1, -0.05) is 24.6 Å². The molecule has 6 nitrogen and oxygen atoms in total. The maximum absolute atomic E-state index is 12.3. The minimum Gasteiger partial charge on any atom is -0.478 e. The molecule has 1 aromatic rings. The van der Waals surface area contributed by atoms with Gasteiger partial charge in [0.15, 0.2) is 0 Å². The Morgan fingerprint density at radius 3 is 2.81 bits per heavy atom. The lowest BCUT2D eigenvalue weighted by Gasteiger charge is -2.25. The van der Waals surface area contributed by atoms with Gasteiger partial charge in [0.25, 0.3) is 0 Å². The molecule has 3 N–H and O–H groups in total. The van der Waals surface area contributed by atoms with E-state index in [0.29, 0.717) is 6.54 Å².